The normalized spacial score (nSPS) is 10.7. The quantitative estimate of drug-likeness (QED) is 0.157. The summed E-state index contributed by atoms with van der Waals surface area (Å²) in [6.45, 7) is 0.317. The number of hydrogen-bond donors (Lipinski definition) is 1. The first-order chi connectivity index (χ1) is 15.5. The zero-order chi connectivity index (χ0) is 22.8. The van der Waals surface area contributed by atoms with Crippen molar-refractivity contribution in [3.8, 4) is 11.5 Å². The Labute approximate surface area is 195 Å². The molecule has 0 spiro atoms. The fourth-order valence-corrected chi connectivity index (χ4v) is 2.99. The molecular formula is C23H19Cl2N3O4. The highest BCUT2D eigenvalue weighted by atomic mass is 35.5. The van der Waals surface area contributed by atoms with E-state index < -0.39 is 0 Å². The lowest BCUT2D eigenvalue weighted by atomic mass is 10.2. The SMILES string of the molecule is O=C(CCCOc1ccc(Cl)cc1Cl)Oc1ccc(C=NNC(=O)c2ccncc2)cc1. The minimum Gasteiger partial charge on any atom is -0.492 e. The average molecular weight is 472 g/mol. The van der Waals surface area contributed by atoms with Gasteiger partial charge in [0, 0.05) is 29.4 Å². The summed E-state index contributed by atoms with van der Waals surface area (Å²) in [6, 6.07) is 14.9. The summed E-state index contributed by atoms with van der Waals surface area (Å²) in [6.07, 6.45) is 5.21. The van der Waals surface area contributed by atoms with Gasteiger partial charge in [-0.1, -0.05) is 23.2 Å². The largest absolute Gasteiger partial charge is 0.492 e. The number of ether oxygens (including phenoxy) is 2. The molecule has 2 aromatic carbocycles. The maximum Gasteiger partial charge on any atom is 0.311 e. The molecule has 0 aliphatic heterocycles. The Balaban J connectivity index is 1.39. The first-order valence-electron chi connectivity index (χ1n) is 9.63. The Morgan fingerprint density at radius 3 is 2.50 bits per heavy atom. The molecule has 0 aliphatic carbocycles. The third-order valence-corrected chi connectivity index (χ3v) is 4.64. The Hall–Kier alpha value is -3.42. The number of esters is 1. The molecule has 0 saturated heterocycles. The Morgan fingerprint density at radius 2 is 1.78 bits per heavy atom. The van der Waals surface area contributed by atoms with E-state index in [0.717, 1.165) is 5.56 Å². The van der Waals surface area contributed by atoms with Gasteiger partial charge in [0.1, 0.15) is 11.5 Å². The fraction of sp³-hybridized carbons (Fsp3) is 0.130. The maximum atomic E-state index is 12.0. The summed E-state index contributed by atoms with van der Waals surface area (Å²) in [5.41, 5.74) is 3.62. The predicted octanol–water partition coefficient (Wildman–Crippen LogP) is 4.92. The van der Waals surface area contributed by atoms with Gasteiger partial charge in [0.2, 0.25) is 0 Å². The van der Waals surface area contributed by atoms with E-state index >= 15 is 0 Å². The molecule has 0 radical (unpaired) electrons. The molecule has 0 aliphatic rings. The molecule has 1 heterocycles. The molecule has 0 saturated carbocycles. The molecule has 0 atom stereocenters. The van der Waals surface area contributed by atoms with Gasteiger partial charge < -0.3 is 9.47 Å². The van der Waals surface area contributed by atoms with Crippen LogP contribution in [0.2, 0.25) is 10.0 Å². The maximum absolute atomic E-state index is 12.0. The third-order valence-electron chi connectivity index (χ3n) is 4.11. The van der Waals surface area contributed by atoms with Crippen LogP contribution in [0.1, 0.15) is 28.8 Å². The first-order valence-corrected chi connectivity index (χ1v) is 10.4. The van der Waals surface area contributed by atoms with Gasteiger partial charge in [-0.2, -0.15) is 5.10 Å². The second kappa shape index (κ2) is 11.8. The van der Waals surface area contributed by atoms with Crippen LogP contribution in [0, 0.1) is 0 Å². The number of aromatic nitrogens is 1. The second-order valence-electron chi connectivity index (χ2n) is 6.50. The van der Waals surface area contributed by atoms with Crippen LogP contribution in [0.5, 0.6) is 11.5 Å². The number of nitrogens with one attached hydrogen (secondary N) is 1. The van der Waals surface area contributed by atoms with Crippen molar-refractivity contribution in [2.45, 2.75) is 12.8 Å². The predicted molar refractivity (Wildman–Crippen MR) is 123 cm³/mol. The van der Waals surface area contributed by atoms with Gasteiger partial charge in [-0.25, -0.2) is 5.43 Å². The number of nitrogens with zero attached hydrogens (tertiary/aromatic N) is 2. The van der Waals surface area contributed by atoms with E-state index in [1.165, 1.54) is 18.6 Å². The molecule has 1 amide bonds. The molecule has 7 nitrogen and oxygen atoms in total. The number of hydrazone groups is 1. The lowest BCUT2D eigenvalue weighted by Gasteiger charge is -2.08. The molecule has 164 valence electrons. The van der Waals surface area contributed by atoms with Crippen molar-refractivity contribution >= 4 is 41.3 Å². The Bertz CT molecular complexity index is 1090. The number of halogens is 2. The minimum atomic E-state index is -0.373. The molecule has 3 aromatic rings. The number of benzene rings is 2. The van der Waals surface area contributed by atoms with Crippen molar-refractivity contribution in [1.29, 1.82) is 0 Å². The van der Waals surface area contributed by atoms with Crippen LogP contribution in [0.3, 0.4) is 0 Å². The van der Waals surface area contributed by atoms with E-state index in [0.29, 0.717) is 40.1 Å². The number of carbonyl (C=O) groups is 2. The number of pyridine rings is 1. The van der Waals surface area contributed by atoms with Gasteiger partial charge in [-0.15, -0.1) is 0 Å². The molecule has 1 N–H and O–H groups in total. The zero-order valence-electron chi connectivity index (χ0n) is 16.8. The molecule has 0 bridgehead atoms. The summed E-state index contributed by atoms with van der Waals surface area (Å²) in [5.74, 6) is 0.214. The van der Waals surface area contributed by atoms with E-state index in [9.17, 15) is 9.59 Å². The van der Waals surface area contributed by atoms with Gasteiger partial charge in [-0.3, -0.25) is 14.6 Å². The zero-order valence-corrected chi connectivity index (χ0v) is 18.3. The van der Waals surface area contributed by atoms with Crippen LogP contribution in [0.25, 0.3) is 0 Å². The van der Waals surface area contributed by atoms with Crippen LogP contribution < -0.4 is 14.9 Å². The lowest BCUT2D eigenvalue weighted by Crippen LogP contribution is -2.17. The Kier molecular flexibility index (Phi) is 8.60. The third kappa shape index (κ3) is 7.37. The molecule has 0 fully saturated rings. The highest BCUT2D eigenvalue weighted by Crippen LogP contribution is 2.27. The molecule has 0 unspecified atom stereocenters. The van der Waals surface area contributed by atoms with Gasteiger partial charge in [0.25, 0.3) is 5.91 Å². The van der Waals surface area contributed by atoms with Crippen molar-refractivity contribution in [2.75, 3.05) is 6.61 Å². The first kappa shape index (κ1) is 23.2. The monoisotopic (exact) mass is 471 g/mol. The smallest absolute Gasteiger partial charge is 0.311 e. The number of amides is 1. The highest BCUT2D eigenvalue weighted by molar-refractivity contribution is 6.35. The molecule has 32 heavy (non-hydrogen) atoms. The molecule has 9 heteroatoms. The van der Waals surface area contributed by atoms with Crippen LogP contribution >= 0.6 is 23.2 Å². The topological polar surface area (TPSA) is 89.9 Å². The van der Waals surface area contributed by atoms with Crippen molar-refractivity contribution in [3.63, 3.8) is 0 Å². The van der Waals surface area contributed by atoms with Crippen LogP contribution in [-0.2, 0) is 4.79 Å². The summed E-state index contributed by atoms with van der Waals surface area (Å²) in [5, 5.41) is 4.85. The number of carbonyl (C=O) groups excluding carboxylic acids is 2. The number of rotatable bonds is 9. The number of hydrogen-bond acceptors (Lipinski definition) is 6. The fourth-order valence-electron chi connectivity index (χ4n) is 2.53. The summed E-state index contributed by atoms with van der Waals surface area (Å²) < 4.78 is 10.8. The minimum absolute atomic E-state index is 0.190. The summed E-state index contributed by atoms with van der Waals surface area (Å²) in [7, 11) is 0. The molecule has 1 aromatic heterocycles. The average Bonchev–Trinajstić information content (AvgIpc) is 2.79. The highest BCUT2D eigenvalue weighted by Gasteiger charge is 2.07. The molecule has 3 rings (SSSR count). The van der Waals surface area contributed by atoms with Crippen molar-refractivity contribution < 1.29 is 19.1 Å². The summed E-state index contributed by atoms with van der Waals surface area (Å²) >= 11 is 11.9. The van der Waals surface area contributed by atoms with Gasteiger partial charge in [0.15, 0.2) is 0 Å². The Morgan fingerprint density at radius 1 is 1.03 bits per heavy atom. The van der Waals surface area contributed by atoms with E-state index in [-0.39, 0.29) is 18.3 Å². The van der Waals surface area contributed by atoms with Gasteiger partial charge in [-0.05, 0) is 66.6 Å². The van der Waals surface area contributed by atoms with Gasteiger partial charge in [0.05, 0.1) is 17.8 Å². The van der Waals surface area contributed by atoms with Crippen molar-refractivity contribution in [3.05, 3.63) is 88.2 Å². The van der Waals surface area contributed by atoms with E-state index in [1.807, 2.05) is 0 Å². The lowest BCUT2D eigenvalue weighted by molar-refractivity contribution is -0.134. The van der Waals surface area contributed by atoms with E-state index in [2.05, 4.69) is 15.5 Å². The molecular weight excluding hydrogens is 453 g/mol. The summed E-state index contributed by atoms with van der Waals surface area (Å²) in [4.78, 5) is 27.8. The van der Waals surface area contributed by atoms with Crippen LogP contribution in [0.15, 0.2) is 72.1 Å². The standard InChI is InChI=1S/C23H19Cl2N3O4/c24-18-5-8-21(20(25)14-18)31-13-1-2-22(29)32-19-6-3-16(4-7-19)15-27-28-23(30)17-9-11-26-12-10-17/h3-12,14-15H,1-2,13H2,(H,28,30). The van der Waals surface area contributed by atoms with Crippen molar-refractivity contribution in [1.82, 2.24) is 10.4 Å². The van der Waals surface area contributed by atoms with Gasteiger partial charge >= 0.3 is 5.97 Å². The second-order valence-corrected chi connectivity index (χ2v) is 7.35. The van der Waals surface area contributed by atoms with Crippen molar-refractivity contribution in [2.24, 2.45) is 5.10 Å². The van der Waals surface area contributed by atoms with Crippen LogP contribution in [-0.4, -0.2) is 29.7 Å². The van der Waals surface area contributed by atoms with E-state index in [4.69, 9.17) is 32.7 Å². The van der Waals surface area contributed by atoms with E-state index in [1.54, 1.807) is 54.6 Å². The van der Waals surface area contributed by atoms with Crippen LogP contribution in [0.4, 0.5) is 0 Å².